The summed E-state index contributed by atoms with van der Waals surface area (Å²) in [6.07, 6.45) is 1.27. The van der Waals surface area contributed by atoms with Crippen LogP contribution in [0.1, 0.15) is 26.5 Å². The van der Waals surface area contributed by atoms with Crippen molar-refractivity contribution in [2.24, 2.45) is 0 Å². The molecule has 2 aromatic carbocycles. The number of nitrogens with one attached hydrogen (secondary N) is 1. The average molecular weight is 509 g/mol. The third-order valence-corrected chi connectivity index (χ3v) is 6.03. The molecule has 0 bridgehead atoms. The molecule has 1 unspecified atom stereocenters. The predicted molar refractivity (Wildman–Crippen MR) is 126 cm³/mol. The maximum Gasteiger partial charge on any atom is 0.387 e. The molecule has 0 aliphatic carbocycles. The van der Waals surface area contributed by atoms with Gasteiger partial charge in [-0.05, 0) is 55.3 Å². The van der Waals surface area contributed by atoms with Gasteiger partial charge in [0.2, 0.25) is 0 Å². The molecule has 3 rings (SSSR count). The van der Waals surface area contributed by atoms with Gasteiger partial charge in [-0.1, -0.05) is 0 Å². The van der Waals surface area contributed by atoms with Crippen molar-refractivity contribution < 1.29 is 26.9 Å². The second kappa shape index (κ2) is 10.1. The van der Waals surface area contributed by atoms with Gasteiger partial charge in [0.1, 0.15) is 17.3 Å². The number of amides is 1. The van der Waals surface area contributed by atoms with Crippen molar-refractivity contribution in [3.63, 3.8) is 0 Å². The zero-order chi connectivity index (χ0) is 25.0. The number of thiazole rings is 1. The van der Waals surface area contributed by atoms with E-state index in [9.17, 15) is 22.2 Å². The standard InChI is InChI=1S/C22H19F3N4O3S2/c1-13-19(20(30)28-34(2,3)31)27-22(33-13)29(16-6-4-14(11-26)5-7-16)12-15-10-17(32-21(24)25)8-9-18(15)23/h4-10,21H,2,12H2,1,3H3,(H,28,30,31). The highest BCUT2D eigenvalue weighted by Gasteiger charge is 2.22. The van der Waals surface area contributed by atoms with Crippen molar-refractivity contribution in [1.29, 1.82) is 5.26 Å². The lowest BCUT2D eigenvalue weighted by atomic mass is 10.1. The lowest BCUT2D eigenvalue weighted by Crippen LogP contribution is -2.30. The molecule has 1 atom stereocenters. The van der Waals surface area contributed by atoms with E-state index in [1.54, 1.807) is 36.1 Å². The molecule has 1 N–H and O–H groups in total. The van der Waals surface area contributed by atoms with Gasteiger partial charge in [0.25, 0.3) is 5.91 Å². The summed E-state index contributed by atoms with van der Waals surface area (Å²) in [5.41, 5.74) is 0.962. The molecule has 1 amide bonds. The maximum atomic E-state index is 14.6. The first-order chi connectivity index (χ1) is 16.0. The number of ether oxygens (including phenoxy) is 1. The maximum absolute atomic E-state index is 14.6. The van der Waals surface area contributed by atoms with E-state index >= 15 is 0 Å². The first-order valence-electron chi connectivity index (χ1n) is 9.59. The van der Waals surface area contributed by atoms with E-state index in [4.69, 9.17) is 5.26 Å². The van der Waals surface area contributed by atoms with E-state index in [-0.39, 0.29) is 23.6 Å². The fourth-order valence-electron chi connectivity index (χ4n) is 2.96. The third kappa shape index (κ3) is 6.27. The molecule has 7 nitrogen and oxygen atoms in total. The van der Waals surface area contributed by atoms with Gasteiger partial charge in [-0.15, -0.1) is 11.3 Å². The summed E-state index contributed by atoms with van der Waals surface area (Å²) < 4.78 is 58.4. The van der Waals surface area contributed by atoms with Crippen molar-refractivity contribution in [2.75, 3.05) is 11.2 Å². The number of nitriles is 1. The fourth-order valence-corrected chi connectivity index (χ4v) is 4.37. The lowest BCUT2D eigenvalue weighted by Gasteiger charge is -2.23. The topological polar surface area (TPSA) is 95.3 Å². The van der Waals surface area contributed by atoms with E-state index in [1.807, 2.05) is 6.07 Å². The number of hydrogen-bond acceptors (Lipinski definition) is 7. The summed E-state index contributed by atoms with van der Waals surface area (Å²) in [5, 5.41) is 9.37. The number of hydrogen-bond donors (Lipinski definition) is 1. The Balaban J connectivity index is 2.05. The first-order valence-corrected chi connectivity index (χ1v) is 12.5. The molecule has 0 aliphatic rings. The van der Waals surface area contributed by atoms with Crippen LogP contribution < -0.4 is 14.4 Å². The highest BCUT2D eigenvalue weighted by molar-refractivity contribution is 7.98. The number of benzene rings is 2. The van der Waals surface area contributed by atoms with E-state index < -0.39 is 28.0 Å². The molecular weight excluding hydrogens is 489 g/mol. The number of halogens is 3. The fraction of sp³-hybridized carbons (Fsp3) is 0.182. The van der Waals surface area contributed by atoms with Crippen molar-refractivity contribution in [2.45, 2.75) is 20.1 Å². The number of anilines is 2. The molecule has 0 aliphatic heterocycles. The van der Waals surface area contributed by atoms with Gasteiger partial charge in [0.15, 0.2) is 5.13 Å². The number of aromatic nitrogens is 1. The Labute approximate surface area is 198 Å². The van der Waals surface area contributed by atoms with E-state index in [0.717, 1.165) is 29.5 Å². The van der Waals surface area contributed by atoms with Crippen LogP contribution in [-0.4, -0.2) is 33.8 Å². The van der Waals surface area contributed by atoms with Crippen LogP contribution in [0, 0.1) is 24.1 Å². The first kappa shape index (κ1) is 25.1. The Hall–Kier alpha value is -3.56. The third-order valence-electron chi connectivity index (χ3n) is 4.42. The molecule has 178 valence electrons. The van der Waals surface area contributed by atoms with Crippen LogP contribution in [0.5, 0.6) is 5.75 Å². The number of alkyl halides is 2. The smallest absolute Gasteiger partial charge is 0.387 e. The molecule has 0 fully saturated rings. The summed E-state index contributed by atoms with van der Waals surface area (Å²) in [5.74, 6) is 1.84. The minimum absolute atomic E-state index is 0.0205. The van der Waals surface area contributed by atoms with Crippen LogP contribution in [0.4, 0.5) is 24.0 Å². The monoisotopic (exact) mass is 508 g/mol. The second-order valence-corrected chi connectivity index (χ2v) is 10.6. The SMILES string of the molecule is C=S(C)(=O)NC(=O)c1nc(N(Cc2cc(OC(F)F)ccc2F)c2ccc(C#N)cc2)sc1C. The summed E-state index contributed by atoms with van der Waals surface area (Å²) in [6, 6.07) is 11.6. The molecule has 0 spiro atoms. The highest BCUT2D eigenvalue weighted by atomic mass is 32.2. The Morgan fingerprint density at radius 3 is 2.59 bits per heavy atom. The zero-order valence-corrected chi connectivity index (χ0v) is 19.7. The second-order valence-electron chi connectivity index (χ2n) is 7.21. The summed E-state index contributed by atoms with van der Waals surface area (Å²) >= 11 is 1.12. The number of aryl methyl sites for hydroxylation is 1. The van der Waals surface area contributed by atoms with Crippen LogP contribution in [0.25, 0.3) is 0 Å². The molecule has 12 heteroatoms. The lowest BCUT2D eigenvalue weighted by molar-refractivity contribution is -0.0499. The molecular formula is C22H19F3N4O3S2. The van der Waals surface area contributed by atoms with Crippen molar-refractivity contribution in [1.82, 2.24) is 9.71 Å². The van der Waals surface area contributed by atoms with E-state index in [0.29, 0.717) is 21.3 Å². The Morgan fingerprint density at radius 2 is 2.00 bits per heavy atom. The number of carbonyl (C=O) groups is 1. The molecule has 3 aromatic rings. The number of rotatable bonds is 8. The number of nitrogens with zero attached hydrogens (tertiary/aromatic N) is 3. The minimum Gasteiger partial charge on any atom is -0.435 e. The van der Waals surface area contributed by atoms with Crippen molar-refractivity contribution in [3.8, 4) is 11.8 Å². The summed E-state index contributed by atoms with van der Waals surface area (Å²) in [4.78, 5) is 18.9. The van der Waals surface area contributed by atoms with Gasteiger partial charge < -0.3 is 9.64 Å². The molecule has 0 radical (unpaired) electrons. The Bertz CT molecular complexity index is 1350. The van der Waals surface area contributed by atoms with Crippen molar-refractivity contribution in [3.05, 3.63) is 70.0 Å². The molecule has 34 heavy (non-hydrogen) atoms. The average Bonchev–Trinajstić information content (AvgIpc) is 3.14. The van der Waals surface area contributed by atoms with Gasteiger partial charge in [-0.2, -0.15) is 14.0 Å². The Morgan fingerprint density at radius 1 is 1.32 bits per heavy atom. The van der Waals surface area contributed by atoms with Gasteiger partial charge in [-0.25, -0.2) is 13.6 Å². The van der Waals surface area contributed by atoms with E-state index in [2.05, 4.69) is 20.3 Å². The van der Waals surface area contributed by atoms with Crippen LogP contribution in [0.2, 0.25) is 0 Å². The van der Waals surface area contributed by atoms with Crippen LogP contribution >= 0.6 is 11.3 Å². The molecule has 1 aromatic heterocycles. The van der Waals surface area contributed by atoms with Gasteiger partial charge >= 0.3 is 6.61 Å². The quantitative estimate of drug-likeness (QED) is 0.454. The normalized spacial score (nSPS) is 12.6. The summed E-state index contributed by atoms with van der Waals surface area (Å²) in [6.45, 7) is -1.57. The highest BCUT2D eigenvalue weighted by Crippen LogP contribution is 2.34. The van der Waals surface area contributed by atoms with Crippen LogP contribution in [-0.2, 0) is 16.3 Å². The molecule has 1 heterocycles. The Kier molecular flexibility index (Phi) is 7.48. The largest absolute Gasteiger partial charge is 0.435 e. The predicted octanol–water partition coefficient (Wildman–Crippen LogP) is 4.39. The van der Waals surface area contributed by atoms with Crippen LogP contribution in [0.3, 0.4) is 0 Å². The minimum atomic E-state index is -3.07. The van der Waals surface area contributed by atoms with Gasteiger partial charge in [0, 0.05) is 32.1 Å². The van der Waals surface area contributed by atoms with Gasteiger partial charge in [-0.3, -0.25) is 9.52 Å². The van der Waals surface area contributed by atoms with Crippen LogP contribution in [0.15, 0.2) is 42.5 Å². The molecule has 0 saturated carbocycles. The molecule has 0 saturated heterocycles. The van der Waals surface area contributed by atoms with E-state index in [1.165, 1.54) is 6.26 Å². The number of carbonyl (C=O) groups excluding carboxylic acids is 1. The summed E-state index contributed by atoms with van der Waals surface area (Å²) in [7, 11) is -2.83. The zero-order valence-electron chi connectivity index (χ0n) is 18.0. The van der Waals surface area contributed by atoms with Crippen molar-refractivity contribution >= 4 is 43.6 Å². The van der Waals surface area contributed by atoms with Gasteiger partial charge in [0.05, 0.1) is 18.2 Å².